The standard InChI is InChI=1S/C11H20O3/c1-3-4-5-6-7-8-9-10(2)14-11(12)13/h2-9H2,1H3,(H,12,13). The van der Waals surface area contributed by atoms with Gasteiger partial charge in [-0.15, -0.1) is 0 Å². The molecule has 0 fully saturated rings. The summed E-state index contributed by atoms with van der Waals surface area (Å²) in [6.45, 7) is 5.71. The molecule has 0 aromatic heterocycles. The Labute approximate surface area is 85.8 Å². The van der Waals surface area contributed by atoms with Gasteiger partial charge in [-0.25, -0.2) is 4.79 Å². The van der Waals surface area contributed by atoms with E-state index in [0.717, 1.165) is 12.8 Å². The zero-order chi connectivity index (χ0) is 10.8. The molecule has 0 spiro atoms. The van der Waals surface area contributed by atoms with E-state index in [1.807, 2.05) is 0 Å². The van der Waals surface area contributed by atoms with E-state index >= 15 is 0 Å². The Morgan fingerprint density at radius 3 is 2.36 bits per heavy atom. The molecule has 0 unspecified atom stereocenters. The maximum Gasteiger partial charge on any atom is 0.510 e. The summed E-state index contributed by atoms with van der Waals surface area (Å²) in [6, 6.07) is 0. The predicted molar refractivity (Wildman–Crippen MR) is 56.2 cm³/mol. The quantitative estimate of drug-likeness (QED) is 0.366. The number of unbranched alkanes of at least 4 members (excludes halogenated alkanes) is 5. The first-order chi connectivity index (χ1) is 6.66. The minimum Gasteiger partial charge on any atom is -0.449 e. The Morgan fingerprint density at radius 1 is 1.21 bits per heavy atom. The molecule has 0 saturated carbocycles. The van der Waals surface area contributed by atoms with Gasteiger partial charge < -0.3 is 9.84 Å². The van der Waals surface area contributed by atoms with Gasteiger partial charge in [0.15, 0.2) is 0 Å². The van der Waals surface area contributed by atoms with Crippen LogP contribution in [0.1, 0.15) is 51.9 Å². The van der Waals surface area contributed by atoms with Crippen LogP contribution in [0.4, 0.5) is 4.79 Å². The molecule has 0 aliphatic carbocycles. The Kier molecular flexibility index (Phi) is 7.99. The van der Waals surface area contributed by atoms with Gasteiger partial charge in [0.2, 0.25) is 0 Å². The van der Waals surface area contributed by atoms with Gasteiger partial charge in [0, 0.05) is 6.42 Å². The smallest absolute Gasteiger partial charge is 0.449 e. The number of ether oxygens (including phenoxy) is 1. The second-order valence-electron chi connectivity index (χ2n) is 3.42. The van der Waals surface area contributed by atoms with Crippen molar-refractivity contribution in [2.75, 3.05) is 0 Å². The van der Waals surface area contributed by atoms with Gasteiger partial charge in [0.25, 0.3) is 0 Å². The first-order valence-electron chi connectivity index (χ1n) is 5.25. The van der Waals surface area contributed by atoms with Crippen molar-refractivity contribution < 1.29 is 14.6 Å². The lowest BCUT2D eigenvalue weighted by molar-refractivity contribution is 0.116. The molecule has 0 radical (unpaired) electrons. The van der Waals surface area contributed by atoms with Crippen LogP contribution in [0.3, 0.4) is 0 Å². The van der Waals surface area contributed by atoms with Crippen LogP contribution in [0.25, 0.3) is 0 Å². The van der Waals surface area contributed by atoms with Gasteiger partial charge in [-0.1, -0.05) is 45.6 Å². The first-order valence-corrected chi connectivity index (χ1v) is 5.25. The molecule has 3 nitrogen and oxygen atoms in total. The summed E-state index contributed by atoms with van der Waals surface area (Å²) in [4.78, 5) is 10.1. The third kappa shape index (κ3) is 9.10. The summed E-state index contributed by atoms with van der Waals surface area (Å²) in [5.74, 6) is 0.355. The average molecular weight is 200 g/mol. The monoisotopic (exact) mass is 200 g/mol. The highest BCUT2D eigenvalue weighted by Crippen LogP contribution is 2.11. The van der Waals surface area contributed by atoms with E-state index in [1.54, 1.807) is 0 Å². The minimum absolute atomic E-state index is 0.355. The topological polar surface area (TPSA) is 46.5 Å². The highest BCUT2D eigenvalue weighted by Gasteiger charge is 2.00. The molecule has 0 saturated heterocycles. The van der Waals surface area contributed by atoms with Crippen molar-refractivity contribution in [2.45, 2.75) is 51.9 Å². The van der Waals surface area contributed by atoms with E-state index in [-0.39, 0.29) is 0 Å². The van der Waals surface area contributed by atoms with E-state index < -0.39 is 6.16 Å². The van der Waals surface area contributed by atoms with E-state index in [1.165, 1.54) is 25.7 Å². The molecule has 0 rings (SSSR count). The normalized spacial score (nSPS) is 9.79. The molecular formula is C11H20O3. The van der Waals surface area contributed by atoms with Crippen molar-refractivity contribution in [1.82, 2.24) is 0 Å². The van der Waals surface area contributed by atoms with E-state index in [9.17, 15) is 4.79 Å². The molecule has 82 valence electrons. The summed E-state index contributed by atoms with van der Waals surface area (Å²) in [5.41, 5.74) is 0. The zero-order valence-electron chi connectivity index (χ0n) is 8.92. The maximum absolute atomic E-state index is 10.1. The lowest BCUT2D eigenvalue weighted by Gasteiger charge is -2.03. The fraction of sp³-hybridized carbons (Fsp3) is 0.727. The molecule has 3 heteroatoms. The first kappa shape index (κ1) is 13.0. The summed E-state index contributed by atoms with van der Waals surface area (Å²) >= 11 is 0. The van der Waals surface area contributed by atoms with Gasteiger partial charge in [0.05, 0.1) is 0 Å². The van der Waals surface area contributed by atoms with Crippen LogP contribution in [-0.4, -0.2) is 11.3 Å². The molecule has 0 atom stereocenters. The van der Waals surface area contributed by atoms with Crippen molar-refractivity contribution in [2.24, 2.45) is 0 Å². The van der Waals surface area contributed by atoms with E-state index in [4.69, 9.17) is 5.11 Å². The van der Waals surface area contributed by atoms with Crippen molar-refractivity contribution in [3.8, 4) is 0 Å². The summed E-state index contributed by atoms with van der Waals surface area (Å²) in [6.07, 6.45) is 6.50. The fourth-order valence-corrected chi connectivity index (χ4v) is 1.28. The van der Waals surface area contributed by atoms with Crippen LogP contribution >= 0.6 is 0 Å². The van der Waals surface area contributed by atoms with Crippen molar-refractivity contribution in [3.05, 3.63) is 12.3 Å². The van der Waals surface area contributed by atoms with Crippen LogP contribution in [-0.2, 0) is 4.74 Å². The molecule has 0 bridgehead atoms. The number of carboxylic acid groups (broad SMARTS) is 1. The summed E-state index contributed by atoms with van der Waals surface area (Å²) in [5, 5.41) is 8.27. The van der Waals surface area contributed by atoms with Crippen LogP contribution in [0.15, 0.2) is 12.3 Å². The second kappa shape index (κ2) is 8.60. The number of allylic oxidation sites excluding steroid dienone is 1. The van der Waals surface area contributed by atoms with E-state index in [0.29, 0.717) is 12.2 Å². The lowest BCUT2D eigenvalue weighted by Crippen LogP contribution is -1.99. The SMILES string of the molecule is C=C(CCCCCCCC)OC(=O)O. The highest BCUT2D eigenvalue weighted by molar-refractivity contribution is 5.58. The third-order valence-electron chi connectivity index (χ3n) is 2.04. The minimum atomic E-state index is -1.26. The van der Waals surface area contributed by atoms with Crippen molar-refractivity contribution >= 4 is 6.16 Å². The molecule has 0 aliphatic rings. The average Bonchev–Trinajstić information content (AvgIpc) is 2.10. The molecule has 0 amide bonds. The Morgan fingerprint density at radius 2 is 1.79 bits per heavy atom. The Bertz CT molecular complexity index is 175. The Balaban J connectivity index is 3.19. The molecule has 0 aromatic rings. The number of carbonyl (C=O) groups is 1. The molecule has 0 aliphatic heterocycles. The second-order valence-corrected chi connectivity index (χ2v) is 3.42. The predicted octanol–water partition coefficient (Wildman–Crippen LogP) is 3.95. The van der Waals surface area contributed by atoms with Crippen LogP contribution in [0.5, 0.6) is 0 Å². The molecule has 0 aromatic carbocycles. The number of rotatable bonds is 8. The summed E-state index contributed by atoms with van der Waals surface area (Å²) in [7, 11) is 0. The lowest BCUT2D eigenvalue weighted by atomic mass is 10.1. The number of hydrogen-bond donors (Lipinski definition) is 1. The number of hydrogen-bond acceptors (Lipinski definition) is 2. The van der Waals surface area contributed by atoms with Crippen LogP contribution in [0.2, 0.25) is 0 Å². The van der Waals surface area contributed by atoms with Gasteiger partial charge in [-0.3, -0.25) is 0 Å². The van der Waals surface area contributed by atoms with Gasteiger partial charge in [-0.05, 0) is 6.42 Å². The van der Waals surface area contributed by atoms with Crippen LogP contribution in [0, 0.1) is 0 Å². The molecule has 1 N–H and O–H groups in total. The fourth-order valence-electron chi connectivity index (χ4n) is 1.28. The molecular weight excluding hydrogens is 180 g/mol. The Hall–Kier alpha value is -0.990. The van der Waals surface area contributed by atoms with Crippen molar-refractivity contribution in [1.29, 1.82) is 0 Å². The largest absolute Gasteiger partial charge is 0.510 e. The maximum atomic E-state index is 10.1. The van der Waals surface area contributed by atoms with Gasteiger partial charge >= 0.3 is 6.16 Å². The molecule has 14 heavy (non-hydrogen) atoms. The zero-order valence-corrected chi connectivity index (χ0v) is 8.92. The van der Waals surface area contributed by atoms with E-state index in [2.05, 4.69) is 18.2 Å². The van der Waals surface area contributed by atoms with Gasteiger partial charge in [-0.2, -0.15) is 0 Å². The summed E-state index contributed by atoms with van der Waals surface area (Å²) < 4.78 is 4.40. The molecule has 0 heterocycles. The van der Waals surface area contributed by atoms with Crippen molar-refractivity contribution in [3.63, 3.8) is 0 Å². The third-order valence-corrected chi connectivity index (χ3v) is 2.04. The van der Waals surface area contributed by atoms with Gasteiger partial charge in [0.1, 0.15) is 5.76 Å². The highest BCUT2D eigenvalue weighted by atomic mass is 16.7. The van der Waals surface area contributed by atoms with Crippen LogP contribution < -0.4 is 0 Å².